The fourth-order valence-corrected chi connectivity index (χ4v) is 2.67. The molecule has 5 nitrogen and oxygen atoms in total. The van der Waals surface area contributed by atoms with Gasteiger partial charge in [0.25, 0.3) is 5.91 Å². The minimum atomic E-state index is -0.294. The Morgan fingerprint density at radius 1 is 1.09 bits per heavy atom. The van der Waals surface area contributed by atoms with Crippen molar-refractivity contribution in [3.63, 3.8) is 0 Å². The number of hydrogen-bond donors (Lipinski definition) is 0. The average Bonchev–Trinajstić information content (AvgIpc) is 2.54. The number of carbonyl (C=O) groups is 2. The van der Waals surface area contributed by atoms with Crippen LogP contribution in [0, 0.1) is 0 Å². The van der Waals surface area contributed by atoms with Gasteiger partial charge in [0, 0.05) is 31.7 Å². The maximum Gasteiger partial charge on any atom is 0.409 e. The first kappa shape index (κ1) is 16.3. The van der Waals surface area contributed by atoms with E-state index in [1.54, 1.807) is 11.8 Å². The van der Waals surface area contributed by atoms with E-state index in [-0.39, 0.29) is 12.0 Å². The van der Waals surface area contributed by atoms with Crippen LogP contribution in [0.4, 0.5) is 4.79 Å². The van der Waals surface area contributed by atoms with Crippen molar-refractivity contribution < 1.29 is 14.3 Å². The molecule has 0 unspecified atom stereocenters. The Labute approximate surface area is 131 Å². The summed E-state index contributed by atoms with van der Waals surface area (Å²) in [6.45, 7) is 8.48. The lowest BCUT2D eigenvalue weighted by Gasteiger charge is -2.34. The van der Waals surface area contributed by atoms with Crippen LogP contribution in [0.5, 0.6) is 0 Å². The van der Waals surface area contributed by atoms with Crippen LogP contribution in [-0.4, -0.2) is 54.6 Å². The molecule has 0 N–H and O–H groups in total. The minimum absolute atomic E-state index is 0.0489. The quantitative estimate of drug-likeness (QED) is 0.862. The first-order valence-corrected chi connectivity index (χ1v) is 7.84. The minimum Gasteiger partial charge on any atom is -0.450 e. The van der Waals surface area contributed by atoms with Crippen molar-refractivity contribution in [2.45, 2.75) is 26.7 Å². The molecule has 5 heteroatoms. The smallest absolute Gasteiger partial charge is 0.409 e. The Morgan fingerprint density at radius 3 is 2.27 bits per heavy atom. The summed E-state index contributed by atoms with van der Waals surface area (Å²) in [4.78, 5) is 27.9. The lowest BCUT2D eigenvalue weighted by atomic mass is 9.96. The number of piperazine rings is 1. The first-order valence-electron chi connectivity index (χ1n) is 7.84. The van der Waals surface area contributed by atoms with Crippen molar-refractivity contribution in [3.8, 4) is 0 Å². The van der Waals surface area contributed by atoms with Gasteiger partial charge in [-0.1, -0.05) is 32.0 Å². The van der Waals surface area contributed by atoms with Gasteiger partial charge in [0.15, 0.2) is 0 Å². The first-order chi connectivity index (χ1) is 10.5. The van der Waals surface area contributed by atoms with Gasteiger partial charge in [-0.2, -0.15) is 0 Å². The highest BCUT2D eigenvalue weighted by Crippen LogP contribution is 2.21. The van der Waals surface area contributed by atoms with Crippen LogP contribution in [0.2, 0.25) is 0 Å². The molecular formula is C17H24N2O3. The maximum absolute atomic E-state index is 12.7. The molecule has 1 aliphatic heterocycles. The molecule has 0 radical (unpaired) electrons. The average molecular weight is 304 g/mol. The van der Waals surface area contributed by atoms with Crippen LogP contribution in [0.1, 0.15) is 42.6 Å². The fraction of sp³-hybridized carbons (Fsp3) is 0.529. The van der Waals surface area contributed by atoms with Gasteiger partial charge in [-0.3, -0.25) is 4.79 Å². The van der Waals surface area contributed by atoms with Crippen molar-refractivity contribution in [2.24, 2.45) is 0 Å². The molecule has 1 heterocycles. The summed E-state index contributed by atoms with van der Waals surface area (Å²) >= 11 is 0. The van der Waals surface area contributed by atoms with Gasteiger partial charge < -0.3 is 14.5 Å². The number of carbonyl (C=O) groups excluding carboxylic acids is 2. The van der Waals surface area contributed by atoms with Crippen molar-refractivity contribution in [1.29, 1.82) is 0 Å². The van der Waals surface area contributed by atoms with Gasteiger partial charge in [-0.25, -0.2) is 4.79 Å². The SMILES string of the molecule is CCOC(=O)N1CCN(C(=O)c2ccccc2C(C)C)CC1. The second-order valence-corrected chi connectivity index (χ2v) is 5.72. The Hall–Kier alpha value is -2.04. The van der Waals surface area contributed by atoms with E-state index in [0.717, 1.165) is 11.1 Å². The van der Waals surface area contributed by atoms with Crippen LogP contribution in [-0.2, 0) is 4.74 Å². The van der Waals surface area contributed by atoms with Gasteiger partial charge in [0.1, 0.15) is 0 Å². The summed E-state index contributed by atoms with van der Waals surface area (Å²) < 4.78 is 5.00. The number of hydrogen-bond acceptors (Lipinski definition) is 3. The molecule has 0 atom stereocenters. The molecule has 1 saturated heterocycles. The van der Waals surface area contributed by atoms with E-state index in [0.29, 0.717) is 38.7 Å². The van der Waals surface area contributed by atoms with Crippen LogP contribution in [0.3, 0.4) is 0 Å². The normalized spacial score (nSPS) is 15.1. The standard InChI is InChI=1S/C17H24N2O3/c1-4-22-17(21)19-11-9-18(10-12-19)16(20)15-8-6-5-7-14(15)13(2)3/h5-8,13H,4,9-12H2,1-3H3. The van der Waals surface area contributed by atoms with Crippen LogP contribution in [0.25, 0.3) is 0 Å². The van der Waals surface area contributed by atoms with Gasteiger partial charge >= 0.3 is 6.09 Å². The molecule has 0 aromatic heterocycles. The third kappa shape index (κ3) is 3.59. The molecule has 120 valence electrons. The molecule has 1 aliphatic rings. The molecule has 0 bridgehead atoms. The second kappa shape index (κ2) is 7.29. The number of benzene rings is 1. The van der Waals surface area contributed by atoms with E-state index >= 15 is 0 Å². The zero-order valence-electron chi connectivity index (χ0n) is 13.5. The number of rotatable bonds is 3. The van der Waals surface area contributed by atoms with Crippen molar-refractivity contribution in [1.82, 2.24) is 9.80 Å². The summed E-state index contributed by atoms with van der Waals surface area (Å²) in [6.07, 6.45) is -0.294. The molecule has 0 saturated carbocycles. The third-order valence-corrected chi connectivity index (χ3v) is 3.91. The largest absolute Gasteiger partial charge is 0.450 e. The van der Waals surface area contributed by atoms with Gasteiger partial charge in [0.2, 0.25) is 0 Å². The summed E-state index contributed by atoms with van der Waals surface area (Å²) in [7, 11) is 0. The van der Waals surface area contributed by atoms with E-state index in [2.05, 4.69) is 13.8 Å². The zero-order chi connectivity index (χ0) is 16.1. The summed E-state index contributed by atoms with van der Waals surface area (Å²) in [6, 6.07) is 7.75. The summed E-state index contributed by atoms with van der Waals surface area (Å²) in [5, 5.41) is 0. The van der Waals surface area contributed by atoms with E-state index in [4.69, 9.17) is 4.74 Å². The highest BCUT2D eigenvalue weighted by Gasteiger charge is 2.26. The number of nitrogens with zero attached hydrogens (tertiary/aromatic N) is 2. The van der Waals surface area contributed by atoms with E-state index < -0.39 is 0 Å². The van der Waals surface area contributed by atoms with Crippen LogP contribution >= 0.6 is 0 Å². The summed E-state index contributed by atoms with van der Waals surface area (Å²) in [5.41, 5.74) is 1.84. The topological polar surface area (TPSA) is 49.9 Å². The molecule has 1 aromatic carbocycles. The predicted octanol–water partition coefficient (Wildman–Crippen LogP) is 2.72. The molecule has 2 amide bonds. The zero-order valence-corrected chi connectivity index (χ0v) is 13.5. The van der Waals surface area contributed by atoms with Gasteiger partial charge in [0.05, 0.1) is 6.61 Å². The molecule has 2 rings (SSSR count). The van der Waals surface area contributed by atoms with E-state index in [1.165, 1.54) is 0 Å². The van der Waals surface area contributed by atoms with Crippen LogP contribution in [0.15, 0.2) is 24.3 Å². The highest BCUT2D eigenvalue weighted by atomic mass is 16.6. The predicted molar refractivity (Wildman–Crippen MR) is 85.0 cm³/mol. The lowest BCUT2D eigenvalue weighted by Crippen LogP contribution is -2.50. The third-order valence-electron chi connectivity index (χ3n) is 3.91. The Morgan fingerprint density at radius 2 is 1.68 bits per heavy atom. The number of amides is 2. The number of ether oxygens (including phenoxy) is 1. The fourth-order valence-electron chi connectivity index (χ4n) is 2.67. The van der Waals surface area contributed by atoms with Gasteiger partial charge in [-0.15, -0.1) is 0 Å². The molecule has 1 fully saturated rings. The summed E-state index contributed by atoms with van der Waals surface area (Å²) in [5.74, 6) is 0.355. The molecule has 1 aromatic rings. The molecule has 22 heavy (non-hydrogen) atoms. The maximum atomic E-state index is 12.7. The Kier molecular flexibility index (Phi) is 5.41. The van der Waals surface area contributed by atoms with Crippen molar-refractivity contribution >= 4 is 12.0 Å². The van der Waals surface area contributed by atoms with Crippen LogP contribution < -0.4 is 0 Å². The molecule has 0 aliphatic carbocycles. The second-order valence-electron chi connectivity index (χ2n) is 5.72. The Balaban J connectivity index is 2.03. The molecular weight excluding hydrogens is 280 g/mol. The monoisotopic (exact) mass is 304 g/mol. The van der Waals surface area contributed by atoms with Gasteiger partial charge in [-0.05, 0) is 24.5 Å². The lowest BCUT2D eigenvalue weighted by molar-refractivity contribution is 0.0569. The highest BCUT2D eigenvalue weighted by molar-refractivity contribution is 5.96. The van der Waals surface area contributed by atoms with Crippen molar-refractivity contribution in [3.05, 3.63) is 35.4 Å². The van der Waals surface area contributed by atoms with E-state index in [9.17, 15) is 9.59 Å². The molecule has 0 spiro atoms. The van der Waals surface area contributed by atoms with Crippen molar-refractivity contribution in [2.75, 3.05) is 32.8 Å². The van der Waals surface area contributed by atoms with E-state index in [1.807, 2.05) is 29.2 Å². The Bertz CT molecular complexity index is 534.